The maximum absolute atomic E-state index is 12.4. The largest absolute Gasteiger partial charge is 1.00 e. The van der Waals surface area contributed by atoms with E-state index in [2.05, 4.69) is 0 Å². The Morgan fingerprint density at radius 2 is 0.783 bits per heavy atom. The average molecular weight is 824 g/mol. The number of hydrogen-bond donors (Lipinski definition) is 8. The number of aromatic hydroxyl groups is 6. The van der Waals surface area contributed by atoms with Crippen LogP contribution in [0.1, 0.15) is 77.0 Å². The molecule has 0 saturated carbocycles. The van der Waals surface area contributed by atoms with Crippen LogP contribution < -0.4 is 43.8 Å². The predicted octanol–water partition coefficient (Wildman–Crippen LogP) is 4.44. The zero-order valence-electron chi connectivity index (χ0n) is 32.9. The van der Waals surface area contributed by atoms with Crippen molar-refractivity contribution in [3.8, 4) is 51.7 Å². The molecule has 9 rings (SSSR count). The monoisotopic (exact) mass is 823 g/mol. The molecule has 305 valence electrons. The third-order valence-electron chi connectivity index (χ3n) is 10.1. The van der Waals surface area contributed by atoms with Crippen LogP contribution in [-0.4, -0.2) is 74.9 Å². The average Bonchev–Trinajstić information content (AvgIpc) is 3.20. The zero-order chi connectivity index (χ0) is 40.2. The quantitative estimate of drug-likeness (QED) is 0.117. The van der Waals surface area contributed by atoms with Gasteiger partial charge in [0.1, 0.15) is 58.4 Å². The molecule has 3 heterocycles. The molecule has 5 atom stereocenters. The molecule has 12 nitrogen and oxygen atoms in total. The van der Waals surface area contributed by atoms with Gasteiger partial charge in [0.25, 0.3) is 0 Å². The first-order chi connectivity index (χ1) is 27.4. The number of aliphatic hydroxyl groups is 2. The number of phenols is 6. The SMILES string of the molecule is C.O=C1c2ccc(O)cc2OCC1c1ccc(O)cc1.Oc1ccc([C@@H]2COc3cc(O)ccc3[C@@H]2O)cc1.Oc1ccc([C@@H]2COc3cc(O)ccc3[C@H]2O)cc1.[B].[H-].[Na+]. The fourth-order valence-corrected chi connectivity index (χ4v) is 6.98. The molecule has 0 saturated heterocycles. The Bertz CT molecular complexity index is 2260. The Hall–Kier alpha value is -5.83. The summed E-state index contributed by atoms with van der Waals surface area (Å²) in [5, 5.41) is 76.8. The Labute approximate surface area is 372 Å². The van der Waals surface area contributed by atoms with Crippen molar-refractivity contribution in [1.29, 1.82) is 0 Å². The number of carbonyl (C=O) groups is 1. The van der Waals surface area contributed by atoms with Crippen molar-refractivity contribution in [2.45, 2.75) is 37.4 Å². The zero-order valence-corrected chi connectivity index (χ0v) is 33.9. The van der Waals surface area contributed by atoms with Crippen molar-refractivity contribution in [3.63, 3.8) is 0 Å². The summed E-state index contributed by atoms with van der Waals surface area (Å²) in [6.45, 7) is 0.908. The van der Waals surface area contributed by atoms with E-state index >= 15 is 0 Å². The summed E-state index contributed by atoms with van der Waals surface area (Å²) in [6.07, 6.45) is -1.37. The molecule has 0 spiro atoms. The van der Waals surface area contributed by atoms with Crippen molar-refractivity contribution in [3.05, 3.63) is 161 Å². The summed E-state index contributed by atoms with van der Waals surface area (Å²) in [7, 11) is 0. The number of Topliss-reactive ketones (excluding diaryl/α,β-unsaturated/α-hetero) is 1. The third-order valence-corrected chi connectivity index (χ3v) is 10.1. The van der Waals surface area contributed by atoms with Crippen molar-refractivity contribution in [1.82, 2.24) is 0 Å². The molecule has 3 radical (unpaired) electrons. The Balaban J connectivity index is 0.000000236. The van der Waals surface area contributed by atoms with Gasteiger partial charge in [-0.3, -0.25) is 4.79 Å². The van der Waals surface area contributed by atoms with Gasteiger partial charge in [0.05, 0.1) is 36.9 Å². The van der Waals surface area contributed by atoms with Crippen LogP contribution in [0.3, 0.4) is 0 Å². The number of fused-ring (bicyclic) bond motifs is 3. The normalized spacial score (nSPS) is 19.2. The minimum Gasteiger partial charge on any atom is -1.00 e. The van der Waals surface area contributed by atoms with Gasteiger partial charge in [-0.15, -0.1) is 0 Å². The molecular formula is C46H45BNaO12. The second kappa shape index (κ2) is 20.4. The number of phenolic OH excluding ortho intramolecular Hbond substituents is 6. The molecular weight excluding hydrogens is 778 g/mol. The van der Waals surface area contributed by atoms with E-state index in [1.54, 1.807) is 91.0 Å². The van der Waals surface area contributed by atoms with E-state index in [-0.39, 0.29) is 111 Å². The molecule has 6 aromatic rings. The second-order valence-electron chi connectivity index (χ2n) is 13.9. The van der Waals surface area contributed by atoms with E-state index in [0.717, 1.165) is 16.7 Å². The summed E-state index contributed by atoms with van der Waals surface area (Å²) >= 11 is 0. The fourth-order valence-electron chi connectivity index (χ4n) is 6.98. The van der Waals surface area contributed by atoms with Crippen LogP contribution in [0.5, 0.6) is 51.7 Å². The fraction of sp³-hybridized carbons (Fsp3) is 0.196. The minimum atomic E-state index is -0.686. The van der Waals surface area contributed by atoms with Gasteiger partial charge in [-0.25, -0.2) is 0 Å². The summed E-state index contributed by atoms with van der Waals surface area (Å²) in [6, 6.07) is 33.9. The molecule has 0 aliphatic carbocycles. The van der Waals surface area contributed by atoms with Crippen LogP contribution in [0.4, 0.5) is 0 Å². The van der Waals surface area contributed by atoms with Crippen LogP contribution in [0.2, 0.25) is 0 Å². The van der Waals surface area contributed by atoms with Crippen LogP contribution in [0.25, 0.3) is 0 Å². The molecule has 6 aromatic carbocycles. The van der Waals surface area contributed by atoms with Crippen LogP contribution in [0, 0.1) is 0 Å². The summed E-state index contributed by atoms with van der Waals surface area (Å²) < 4.78 is 16.7. The molecule has 14 heteroatoms. The Morgan fingerprint density at radius 3 is 1.20 bits per heavy atom. The molecule has 8 N–H and O–H groups in total. The van der Waals surface area contributed by atoms with Crippen molar-refractivity contribution < 1.29 is 90.8 Å². The first-order valence-electron chi connectivity index (χ1n) is 18.1. The first kappa shape index (κ1) is 46.9. The number of hydrogen-bond acceptors (Lipinski definition) is 12. The topological polar surface area (TPSA) is 207 Å². The van der Waals surface area contributed by atoms with E-state index in [1.807, 2.05) is 0 Å². The first-order valence-corrected chi connectivity index (χ1v) is 18.1. The van der Waals surface area contributed by atoms with Crippen LogP contribution >= 0.6 is 0 Å². The van der Waals surface area contributed by atoms with Gasteiger partial charge in [0.15, 0.2) is 5.78 Å². The Kier molecular flexibility index (Phi) is 16.0. The van der Waals surface area contributed by atoms with Crippen LogP contribution in [-0.2, 0) is 0 Å². The molecule has 3 aliphatic heterocycles. The number of benzene rings is 6. The van der Waals surface area contributed by atoms with Gasteiger partial charge in [0.2, 0.25) is 0 Å². The molecule has 3 aliphatic rings. The van der Waals surface area contributed by atoms with Crippen molar-refractivity contribution in [2.75, 3.05) is 19.8 Å². The Morgan fingerprint density at radius 1 is 0.450 bits per heavy atom. The van der Waals surface area contributed by atoms with Gasteiger partial charge in [0, 0.05) is 49.6 Å². The van der Waals surface area contributed by atoms with E-state index in [9.17, 15) is 45.6 Å². The molecule has 1 unspecified atom stereocenters. The number of rotatable bonds is 3. The molecule has 0 aromatic heterocycles. The number of aliphatic hydroxyl groups excluding tert-OH is 2. The number of ether oxygens (including phenoxy) is 3. The standard InChI is InChI=1S/2C15H14O4.C15H12O4.CH4.B.Na.H/c3*16-10-3-1-9(2-4-10)13-8-19-14-7-11(17)5-6-12(14)15(13)18;;;;/h2*1-7,13,15-18H,8H2;1-7,13,16-17H,8H2;1H4;;;/q;;;;;+1;-1/t13-,15+;13-,15-;;;;;/m00...../s1. The maximum atomic E-state index is 12.4. The van der Waals surface area contributed by atoms with Crippen LogP contribution in [0.15, 0.2) is 127 Å². The summed E-state index contributed by atoms with van der Waals surface area (Å²) in [5.74, 6) is 1.54. The maximum Gasteiger partial charge on any atom is 1.00 e. The summed E-state index contributed by atoms with van der Waals surface area (Å²) in [5.41, 5.74) is 4.43. The van der Waals surface area contributed by atoms with Gasteiger partial charge >= 0.3 is 29.6 Å². The second-order valence-corrected chi connectivity index (χ2v) is 13.9. The third kappa shape index (κ3) is 10.5. The minimum absolute atomic E-state index is 0. The summed E-state index contributed by atoms with van der Waals surface area (Å²) in [4.78, 5) is 12.4. The predicted molar refractivity (Wildman–Crippen MR) is 221 cm³/mol. The van der Waals surface area contributed by atoms with Gasteiger partial charge in [-0.1, -0.05) is 43.8 Å². The van der Waals surface area contributed by atoms with Gasteiger partial charge < -0.3 is 56.5 Å². The van der Waals surface area contributed by atoms with E-state index in [0.29, 0.717) is 47.2 Å². The molecule has 60 heavy (non-hydrogen) atoms. The van der Waals surface area contributed by atoms with E-state index in [1.165, 1.54) is 36.4 Å². The van der Waals surface area contributed by atoms with Gasteiger partial charge in [-0.2, -0.15) is 0 Å². The van der Waals surface area contributed by atoms with Crippen molar-refractivity contribution >= 4 is 14.2 Å². The smallest absolute Gasteiger partial charge is 1.00 e. The molecule has 0 fully saturated rings. The number of carbonyl (C=O) groups excluding carboxylic acids is 1. The molecule has 0 amide bonds. The van der Waals surface area contributed by atoms with E-state index in [4.69, 9.17) is 14.2 Å². The van der Waals surface area contributed by atoms with E-state index < -0.39 is 12.2 Å². The van der Waals surface area contributed by atoms with Crippen molar-refractivity contribution in [2.24, 2.45) is 0 Å². The number of ketones is 1. The molecule has 0 bridgehead atoms. The van der Waals surface area contributed by atoms with Gasteiger partial charge in [-0.05, 0) is 89.5 Å².